The Labute approximate surface area is 111 Å². The van der Waals surface area contributed by atoms with Crippen LogP contribution in [0.2, 0.25) is 0 Å². The summed E-state index contributed by atoms with van der Waals surface area (Å²) >= 11 is 1.21. The van der Waals surface area contributed by atoms with Crippen LogP contribution in [0.3, 0.4) is 0 Å². The SMILES string of the molecule is O=C1N[C@H](C(=O)N2CC[C@@H]3CNC[C@@H]3CC2)CS1. The van der Waals surface area contributed by atoms with Gasteiger partial charge in [-0.3, -0.25) is 9.59 Å². The Balaban J connectivity index is 1.59. The summed E-state index contributed by atoms with van der Waals surface area (Å²) in [5, 5.41) is 6.11. The van der Waals surface area contributed by atoms with Gasteiger partial charge < -0.3 is 15.5 Å². The lowest BCUT2D eigenvalue weighted by atomic mass is 9.92. The largest absolute Gasteiger partial charge is 0.341 e. The predicted octanol–water partition coefficient (Wildman–Crippen LogP) is 0.269. The first kappa shape index (κ1) is 12.3. The molecule has 5 nitrogen and oxygen atoms in total. The highest BCUT2D eigenvalue weighted by atomic mass is 32.2. The maximum Gasteiger partial charge on any atom is 0.279 e. The zero-order chi connectivity index (χ0) is 12.5. The molecule has 3 heterocycles. The molecule has 6 heteroatoms. The lowest BCUT2D eigenvalue weighted by Crippen LogP contribution is -2.46. The number of hydrogen-bond acceptors (Lipinski definition) is 4. The molecule has 3 aliphatic rings. The van der Waals surface area contributed by atoms with Crippen molar-refractivity contribution in [3.8, 4) is 0 Å². The monoisotopic (exact) mass is 269 g/mol. The van der Waals surface area contributed by atoms with Crippen LogP contribution in [0.15, 0.2) is 0 Å². The van der Waals surface area contributed by atoms with Gasteiger partial charge in [-0.25, -0.2) is 0 Å². The second-order valence-electron chi connectivity index (χ2n) is 5.38. The van der Waals surface area contributed by atoms with Crippen LogP contribution in [0.5, 0.6) is 0 Å². The number of thioether (sulfide) groups is 1. The first-order valence-electron chi connectivity index (χ1n) is 6.67. The van der Waals surface area contributed by atoms with Crippen LogP contribution in [0.4, 0.5) is 4.79 Å². The summed E-state index contributed by atoms with van der Waals surface area (Å²) < 4.78 is 0. The second kappa shape index (κ2) is 5.09. The normalized spacial score (nSPS) is 36.1. The number of carbonyl (C=O) groups is 2. The minimum Gasteiger partial charge on any atom is -0.341 e. The fourth-order valence-corrected chi connectivity index (χ4v) is 3.95. The number of nitrogens with zero attached hydrogens (tertiary/aromatic N) is 1. The fourth-order valence-electron chi connectivity index (χ4n) is 3.18. The molecule has 0 bridgehead atoms. The van der Waals surface area contributed by atoms with E-state index < -0.39 is 0 Å². The summed E-state index contributed by atoms with van der Waals surface area (Å²) in [6.07, 6.45) is 2.19. The molecule has 0 aromatic rings. The molecule has 0 aliphatic carbocycles. The third-order valence-corrected chi connectivity index (χ3v) is 5.18. The summed E-state index contributed by atoms with van der Waals surface area (Å²) in [6.45, 7) is 3.89. The van der Waals surface area contributed by atoms with Crippen molar-refractivity contribution in [1.29, 1.82) is 0 Å². The molecule has 0 radical (unpaired) electrons. The van der Waals surface area contributed by atoms with Crippen molar-refractivity contribution in [3.63, 3.8) is 0 Å². The van der Waals surface area contributed by atoms with Gasteiger partial charge in [-0.15, -0.1) is 0 Å². The molecular weight excluding hydrogens is 250 g/mol. The fraction of sp³-hybridized carbons (Fsp3) is 0.833. The molecule has 0 unspecified atom stereocenters. The van der Waals surface area contributed by atoms with Gasteiger partial charge in [0.05, 0.1) is 0 Å². The first-order valence-corrected chi connectivity index (χ1v) is 7.65. The summed E-state index contributed by atoms with van der Waals surface area (Å²) in [7, 11) is 0. The second-order valence-corrected chi connectivity index (χ2v) is 6.37. The van der Waals surface area contributed by atoms with Crippen molar-refractivity contribution < 1.29 is 9.59 Å². The maximum atomic E-state index is 12.3. The standard InChI is InChI=1S/C12H19N3O2S/c16-11(10-7-18-12(17)14-10)15-3-1-8-5-13-6-9(8)2-4-15/h8-10,13H,1-7H2,(H,14,17)/t8-,9+,10-/m0/s1. The van der Waals surface area contributed by atoms with Crippen molar-refractivity contribution in [3.05, 3.63) is 0 Å². The molecular formula is C12H19N3O2S. The first-order chi connectivity index (χ1) is 8.74. The number of rotatable bonds is 1. The molecule has 18 heavy (non-hydrogen) atoms. The summed E-state index contributed by atoms with van der Waals surface area (Å²) in [5.74, 6) is 2.16. The van der Waals surface area contributed by atoms with Crippen LogP contribution in [0.1, 0.15) is 12.8 Å². The number of hydrogen-bond donors (Lipinski definition) is 2. The van der Waals surface area contributed by atoms with Gasteiger partial charge in [0.15, 0.2) is 0 Å². The highest BCUT2D eigenvalue weighted by molar-refractivity contribution is 8.14. The van der Waals surface area contributed by atoms with Crippen LogP contribution in [0, 0.1) is 11.8 Å². The Kier molecular flexibility index (Phi) is 3.48. The topological polar surface area (TPSA) is 61.4 Å². The average Bonchev–Trinajstić information content (AvgIpc) is 2.94. The Morgan fingerprint density at radius 2 is 1.89 bits per heavy atom. The Hall–Kier alpha value is -0.750. The molecule has 2 amide bonds. The zero-order valence-electron chi connectivity index (χ0n) is 10.4. The molecule has 0 aromatic heterocycles. The van der Waals surface area contributed by atoms with Crippen LogP contribution < -0.4 is 10.6 Å². The minimum absolute atomic E-state index is 0.0655. The van der Waals surface area contributed by atoms with Crippen molar-refractivity contribution in [2.75, 3.05) is 31.9 Å². The summed E-state index contributed by atoms with van der Waals surface area (Å²) in [5.41, 5.74) is 0. The van der Waals surface area contributed by atoms with E-state index in [0.717, 1.165) is 50.9 Å². The Bertz CT molecular complexity index is 349. The van der Waals surface area contributed by atoms with E-state index in [2.05, 4.69) is 10.6 Å². The molecule has 0 aromatic carbocycles. The van der Waals surface area contributed by atoms with Gasteiger partial charge in [0.2, 0.25) is 5.91 Å². The molecule has 3 atom stereocenters. The quantitative estimate of drug-likeness (QED) is 0.717. The molecule has 3 aliphatic heterocycles. The molecule has 100 valence electrons. The van der Waals surface area contributed by atoms with Gasteiger partial charge in [-0.1, -0.05) is 11.8 Å². The number of amides is 2. The van der Waals surface area contributed by atoms with Gasteiger partial charge in [-0.05, 0) is 37.8 Å². The Morgan fingerprint density at radius 3 is 2.44 bits per heavy atom. The third kappa shape index (κ3) is 2.36. The zero-order valence-corrected chi connectivity index (χ0v) is 11.2. The van der Waals surface area contributed by atoms with E-state index in [1.807, 2.05) is 4.90 Å². The van der Waals surface area contributed by atoms with Crippen LogP contribution >= 0.6 is 11.8 Å². The van der Waals surface area contributed by atoms with Crippen LogP contribution in [0.25, 0.3) is 0 Å². The van der Waals surface area contributed by atoms with E-state index >= 15 is 0 Å². The van der Waals surface area contributed by atoms with Gasteiger partial charge in [0.1, 0.15) is 6.04 Å². The molecule has 2 N–H and O–H groups in total. The van der Waals surface area contributed by atoms with Crippen LogP contribution in [-0.4, -0.2) is 54.0 Å². The molecule has 3 rings (SSSR count). The highest BCUT2D eigenvalue weighted by Gasteiger charge is 2.35. The number of fused-ring (bicyclic) bond motifs is 1. The van der Waals surface area contributed by atoms with E-state index in [9.17, 15) is 9.59 Å². The van der Waals surface area contributed by atoms with E-state index in [4.69, 9.17) is 0 Å². The van der Waals surface area contributed by atoms with Gasteiger partial charge >= 0.3 is 0 Å². The Morgan fingerprint density at radius 1 is 1.22 bits per heavy atom. The van der Waals surface area contributed by atoms with Crippen molar-refractivity contribution in [2.24, 2.45) is 11.8 Å². The third-order valence-electron chi connectivity index (χ3n) is 4.30. The van der Waals surface area contributed by atoms with E-state index in [-0.39, 0.29) is 17.2 Å². The number of likely N-dealkylation sites (tertiary alicyclic amines) is 1. The molecule has 3 saturated heterocycles. The van der Waals surface area contributed by atoms with Gasteiger partial charge in [-0.2, -0.15) is 0 Å². The van der Waals surface area contributed by atoms with E-state index in [1.165, 1.54) is 11.8 Å². The van der Waals surface area contributed by atoms with Crippen molar-refractivity contribution in [1.82, 2.24) is 15.5 Å². The predicted molar refractivity (Wildman–Crippen MR) is 70.4 cm³/mol. The molecule has 3 fully saturated rings. The van der Waals surface area contributed by atoms with Crippen molar-refractivity contribution in [2.45, 2.75) is 18.9 Å². The van der Waals surface area contributed by atoms with E-state index in [1.54, 1.807) is 0 Å². The summed E-state index contributed by atoms with van der Waals surface area (Å²) in [6, 6.07) is -0.293. The number of carbonyl (C=O) groups excluding carboxylic acids is 2. The lowest BCUT2D eigenvalue weighted by Gasteiger charge is -2.23. The summed E-state index contributed by atoms with van der Waals surface area (Å²) in [4.78, 5) is 25.4. The van der Waals surface area contributed by atoms with Gasteiger partial charge in [0.25, 0.3) is 5.24 Å². The number of nitrogens with one attached hydrogen (secondary N) is 2. The minimum atomic E-state index is -0.293. The van der Waals surface area contributed by atoms with Crippen molar-refractivity contribution >= 4 is 22.9 Å². The van der Waals surface area contributed by atoms with Gasteiger partial charge in [0, 0.05) is 18.8 Å². The van der Waals surface area contributed by atoms with E-state index in [0.29, 0.717) is 5.75 Å². The smallest absolute Gasteiger partial charge is 0.279 e. The van der Waals surface area contributed by atoms with Crippen LogP contribution in [-0.2, 0) is 4.79 Å². The lowest BCUT2D eigenvalue weighted by molar-refractivity contribution is -0.132. The molecule has 0 saturated carbocycles. The maximum absolute atomic E-state index is 12.3. The molecule has 0 spiro atoms. The average molecular weight is 269 g/mol. The highest BCUT2D eigenvalue weighted by Crippen LogP contribution is 2.27.